The zero-order valence-corrected chi connectivity index (χ0v) is 21.0. The molecule has 0 saturated heterocycles. The van der Waals surface area contributed by atoms with Gasteiger partial charge in [0.1, 0.15) is 5.69 Å². The Hall–Kier alpha value is -4.40. The van der Waals surface area contributed by atoms with Crippen molar-refractivity contribution in [2.75, 3.05) is 7.11 Å². The van der Waals surface area contributed by atoms with Gasteiger partial charge in [0.2, 0.25) is 0 Å². The molecule has 2 aromatic heterocycles. The number of carbonyl (C=O) groups is 2. The number of carbonyl (C=O) groups excluding carboxylic acids is 2. The number of fused-ring (bicyclic) bond motifs is 1. The van der Waals surface area contributed by atoms with E-state index >= 15 is 0 Å². The van der Waals surface area contributed by atoms with Gasteiger partial charge in [-0.1, -0.05) is 36.4 Å². The molecular weight excluding hydrogens is 495 g/mol. The average molecular weight is 522 g/mol. The van der Waals surface area contributed by atoms with Gasteiger partial charge >= 0.3 is 12.1 Å². The average Bonchev–Trinajstić information content (AvgIpc) is 3.21. The fraction of sp³-hybridized carbons (Fsp3) is 0.207. The number of ether oxygens (including phenoxy) is 1. The van der Waals surface area contributed by atoms with E-state index in [1.54, 1.807) is 72.3 Å². The van der Waals surface area contributed by atoms with Crippen LogP contribution in [0.3, 0.4) is 0 Å². The first-order chi connectivity index (χ1) is 18.1. The standard InChI is InChI=1S/C29H26F3N3O3/c1-4-7-23-25-24(10-6-15-33-25)35(17-19-8-5-9-22(16-19)29(30,31)32)26(23)27(36)34-18(2)20-11-13-21(14-12-20)28(37)38-3/h4-16,18H,17H2,1-3H3,(H,34,36)/b7-4+/t18-/m0/s1. The number of amides is 1. The fourth-order valence-electron chi connectivity index (χ4n) is 4.34. The second kappa shape index (κ2) is 10.9. The van der Waals surface area contributed by atoms with E-state index < -0.39 is 29.7 Å². The van der Waals surface area contributed by atoms with Crippen molar-refractivity contribution in [3.63, 3.8) is 0 Å². The number of pyridine rings is 1. The van der Waals surface area contributed by atoms with E-state index in [1.165, 1.54) is 13.2 Å². The normalized spacial score (nSPS) is 12.6. The summed E-state index contributed by atoms with van der Waals surface area (Å²) >= 11 is 0. The van der Waals surface area contributed by atoms with Gasteiger partial charge in [-0.05, 0) is 61.4 Å². The first kappa shape index (κ1) is 26.7. The fourth-order valence-corrected chi connectivity index (χ4v) is 4.34. The molecule has 0 aliphatic heterocycles. The first-order valence-corrected chi connectivity index (χ1v) is 11.9. The smallest absolute Gasteiger partial charge is 0.416 e. The van der Waals surface area contributed by atoms with Crippen LogP contribution in [0, 0.1) is 0 Å². The Morgan fingerprint density at radius 2 is 1.84 bits per heavy atom. The Labute approximate surface area is 217 Å². The first-order valence-electron chi connectivity index (χ1n) is 11.9. The number of alkyl halides is 3. The molecule has 1 atom stereocenters. The van der Waals surface area contributed by atoms with E-state index in [1.807, 2.05) is 6.92 Å². The molecular formula is C29H26F3N3O3. The highest BCUT2D eigenvalue weighted by atomic mass is 19.4. The number of rotatable bonds is 7. The monoisotopic (exact) mass is 521 g/mol. The predicted octanol–water partition coefficient (Wildman–Crippen LogP) is 6.41. The van der Waals surface area contributed by atoms with Crippen molar-refractivity contribution < 1.29 is 27.5 Å². The summed E-state index contributed by atoms with van der Waals surface area (Å²) in [7, 11) is 1.30. The van der Waals surface area contributed by atoms with Gasteiger partial charge in [0.05, 0.1) is 35.3 Å². The molecule has 0 spiro atoms. The van der Waals surface area contributed by atoms with Crippen molar-refractivity contribution in [3.8, 4) is 0 Å². The van der Waals surface area contributed by atoms with Crippen LogP contribution in [-0.4, -0.2) is 28.5 Å². The molecule has 0 aliphatic carbocycles. The summed E-state index contributed by atoms with van der Waals surface area (Å²) in [4.78, 5) is 29.9. The molecule has 0 unspecified atom stereocenters. The number of aromatic nitrogens is 2. The summed E-state index contributed by atoms with van der Waals surface area (Å²) in [6.07, 6.45) is 0.676. The highest BCUT2D eigenvalue weighted by Gasteiger charge is 2.31. The number of allylic oxidation sites excluding steroid dienone is 1. The second-order valence-corrected chi connectivity index (χ2v) is 8.73. The number of halogens is 3. The molecule has 0 bridgehead atoms. The van der Waals surface area contributed by atoms with Crippen LogP contribution in [0.2, 0.25) is 0 Å². The molecule has 1 amide bonds. The summed E-state index contributed by atoms with van der Waals surface area (Å²) in [6, 6.07) is 14.8. The largest absolute Gasteiger partial charge is 0.465 e. The Balaban J connectivity index is 1.74. The van der Waals surface area contributed by atoms with Crippen molar-refractivity contribution in [1.29, 1.82) is 0 Å². The lowest BCUT2D eigenvalue weighted by Gasteiger charge is -2.17. The lowest BCUT2D eigenvalue weighted by molar-refractivity contribution is -0.137. The number of benzene rings is 2. The maximum absolute atomic E-state index is 13.7. The molecule has 6 nitrogen and oxygen atoms in total. The summed E-state index contributed by atoms with van der Waals surface area (Å²) < 4.78 is 46.5. The molecule has 38 heavy (non-hydrogen) atoms. The van der Waals surface area contributed by atoms with E-state index in [0.717, 1.165) is 17.7 Å². The molecule has 0 radical (unpaired) electrons. The quantitative estimate of drug-likeness (QED) is 0.285. The van der Waals surface area contributed by atoms with Crippen LogP contribution in [0.25, 0.3) is 17.1 Å². The van der Waals surface area contributed by atoms with Crippen molar-refractivity contribution >= 4 is 29.0 Å². The Morgan fingerprint density at radius 3 is 2.50 bits per heavy atom. The SMILES string of the molecule is C/C=C/c1c(C(=O)N[C@@H](C)c2ccc(C(=O)OC)cc2)n(Cc2cccc(C(F)(F)F)c2)c2cccnc12. The molecule has 2 heterocycles. The van der Waals surface area contributed by atoms with Crippen LogP contribution in [0.5, 0.6) is 0 Å². The molecule has 4 aromatic rings. The minimum atomic E-state index is -4.48. The van der Waals surface area contributed by atoms with Crippen LogP contribution in [0.15, 0.2) is 72.9 Å². The number of esters is 1. The number of methoxy groups -OCH3 is 1. The molecule has 0 fully saturated rings. The van der Waals surface area contributed by atoms with Crippen LogP contribution >= 0.6 is 0 Å². The summed E-state index contributed by atoms with van der Waals surface area (Å²) in [6.45, 7) is 3.65. The van der Waals surface area contributed by atoms with Crippen LogP contribution in [0.1, 0.15) is 63.0 Å². The predicted molar refractivity (Wildman–Crippen MR) is 139 cm³/mol. The van der Waals surface area contributed by atoms with Gasteiger partial charge in [0.25, 0.3) is 5.91 Å². The molecule has 0 saturated carbocycles. The zero-order valence-electron chi connectivity index (χ0n) is 21.0. The summed E-state index contributed by atoms with van der Waals surface area (Å²) in [5.41, 5.74) is 2.83. The lowest BCUT2D eigenvalue weighted by Crippen LogP contribution is -2.29. The molecule has 1 N–H and O–H groups in total. The van der Waals surface area contributed by atoms with Crippen molar-refractivity contribution in [3.05, 3.63) is 106 Å². The summed E-state index contributed by atoms with van der Waals surface area (Å²) in [5, 5.41) is 2.98. The highest BCUT2D eigenvalue weighted by molar-refractivity contribution is 6.04. The van der Waals surface area contributed by atoms with Crippen molar-refractivity contribution in [2.24, 2.45) is 0 Å². The highest BCUT2D eigenvalue weighted by Crippen LogP contribution is 2.31. The lowest BCUT2D eigenvalue weighted by atomic mass is 10.1. The van der Waals surface area contributed by atoms with Crippen molar-refractivity contribution in [1.82, 2.24) is 14.9 Å². The van der Waals surface area contributed by atoms with Gasteiger partial charge in [-0.3, -0.25) is 9.78 Å². The third kappa shape index (κ3) is 5.46. The molecule has 0 aliphatic rings. The number of nitrogens with zero attached hydrogens (tertiary/aromatic N) is 2. The minimum absolute atomic E-state index is 0.0363. The van der Waals surface area contributed by atoms with Gasteiger partial charge in [-0.15, -0.1) is 0 Å². The van der Waals surface area contributed by atoms with Gasteiger partial charge < -0.3 is 14.6 Å². The third-order valence-corrected chi connectivity index (χ3v) is 6.18. The van der Waals surface area contributed by atoms with Crippen LogP contribution in [-0.2, 0) is 17.5 Å². The van der Waals surface area contributed by atoms with Gasteiger partial charge in [-0.2, -0.15) is 13.2 Å². The number of hydrogen-bond donors (Lipinski definition) is 1. The molecule has 9 heteroatoms. The maximum atomic E-state index is 13.7. The van der Waals surface area contributed by atoms with Gasteiger partial charge in [0, 0.05) is 18.3 Å². The van der Waals surface area contributed by atoms with E-state index in [2.05, 4.69) is 10.3 Å². The third-order valence-electron chi connectivity index (χ3n) is 6.18. The molecule has 196 valence electrons. The van der Waals surface area contributed by atoms with E-state index in [0.29, 0.717) is 27.7 Å². The Morgan fingerprint density at radius 1 is 1.11 bits per heavy atom. The maximum Gasteiger partial charge on any atom is 0.416 e. The van der Waals surface area contributed by atoms with E-state index in [-0.39, 0.29) is 12.2 Å². The second-order valence-electron chi connectivity index (χ2n) is 8.73. The Bertz CT molecular complexity index is 1510. The van der Waals surface area contributed by atoms with E-state index in [4.69, 9.17) is 4.74 Å². The van der Waals surface area contributed by atoms with Crippen molar-refractivity contribution in [2.45, 2.75) is 32.6 Å². The van der Waals surface area contributed by atoms with Crippen LogP contribution in [0.4, 0.5) is 13.2 Å². The van der Waals surface area contributed by atoms with E-state index in [9.17, 15) is 22.8 Å². The zero-order chi connectivity index (χ0) is 27.4. The van der Waals surface area contributed by atoms with Gasteiger partial charge in [-0.25, -0.2) is 4.79 Å². The number of hydrogen-bond acceptors (Lipinski definition) is 4. The topological polar surface area (TPSA) is 73.2 Å². The minimum Gasteiger partial charge on any atom is -0.465 e. The Kier molecular flexibility index (Phi) is 7.66. The molecule has 2 aromatic carbocycles. The van der Waals surface area contributed by atoms with Gasteiger partial charge in [0.15, 0.2) is 0 Å². The molecule has 4 rings (SSSR count). The van der Waals surface area contributed by atoms with Crippen LogP contribution < -0.4 is 5.32 Å². The summed E-state index contributed by atoms with van der Waals surface area (Å²) in [5.74, 6) is -0.872. The number of nitrogens with one attached hydrogen (secondary N) is 1.